The molecule has 3 aromatic carbocycles. The van der Waals surface area contributed by atoms with Crippen LogP contribution in [0.2, 0.25) is 0 Å². The number of fused-ring (bicyclic) bond motifs is 1. The van der Waals surface area contributed by atoms with Gasteiger partial charge in [0.15, 0.2) is 0 Å². The van der Waals surface area contributed by atoms with E-state index in [1.165, 1.54) is 0 Å². The van der Waals surface area contributed by atoms with Crippen molar-refractivity contribution in [3.8, 4) is 17.3 Å². The van der Waals surface area contributed by atoms with E-state index < -0.39 is 17.1 Å². The van der Waals surface area contributed by atoms with Gasteiger partial charge < -0.3 is 10.2 Å². The number of hydrogen-bond acceptors (Lipinski definition) is 6. The topological polar surface area (TPSA) is 108 Å². The molecule has 1 unspecified atom stereocenters. The molecular formula is C27H23N3O4S. The summed E-state index contributed by atoms with van der Waals surface area (Å²) in [7, 11) is 0. The number of hydrogen-bond donors (Lipinski definition) is 3. The molecule has 7 nitrogen and oxygen atoms in total. The Morgan fingerprint density at radius 1 is 0.971 bits per heavy atom. The van der Waals surface area contributed by atoms with Gasteiger partial charge in [0.1, 0.15) is 11.3 Å². The van der Waals surface area contributed by atoms with E-state index in [0.29, 0.717) is 23.5 Å². The lowest BCUT2D eigenvalue weighted by molar-refractivity contribution is 0.429. The molecule has 0 aliphatic carbocycles. The van der Waals surface area contributed by atoms with Gasteiger partial charge in [-0.25, -0.2) is 9.36 Å². The molecule has 1 atom stereocenters. The summed E-state index contributed by atoms with van der Waals surface area (Å²) in [5, 5.41) is 21.1. The van der Waals surface area contributed by atoms with Crippen molar-refractivity contribution in [3.63, 3.8) is 0 Å². The summed E-state index contributed by atoms with van der Waals surface area (Å²) in [4.78, 5) is 33.9. The van der Waals surface area contributed by atoms with Crippen LogP contribution in [0, 0.1) is 13.8 Å². The fourth-order valence-electron chi connectivity index (χ4n) is 4.38. The van der Waals surface area contributed by atoms with Crippen molar-refractivity contribution in [2.75, 3.05) is 0 Å². The number of aryl methyl sites for hydroxylation is 2. The Bertz CT molecular complexity index is 1580. The van der Waals surface area contributed by atoms with Crippen LogP contribution in [0.3, 0.4) is 0 Å². The first-order valence-electron chi connectivity index (χ1n) is 11.1. The van der Waals surface area contributed by atoms with Crippen molar-refractivity contribution in [1.29, 1.82) is 0 Å². The van der Waals surface area contributed by atoms with E-state index >= 15 is 0 Å². The minimum absolute atomic E-state index is 0.0498. The third-order valence-corrected chi connectivity index (χ3v) is 7.17. The summed E-state index contributed by atoms with van der Waals surface area (Å²) in [5.74, 6) is -0.315. The van der Waals surface area contributed by atoms with E-state index in [0.717, 1.165) is 26.2 Å². The number of nitrogens with zero attached hydrogens (tertiary/aromatic N) is 2. The Balaban J connectivity index is 1.72. The number of phenols is 1. The first-order chi connectivity index (χ1) is 16.8. The number of aromatic amines is 1. The number of nitrogens with one attached hydrogen (secondary N) is 1. The molecule has 0 amide bonds. The smallest absolute Gasteiger partial charge is 0.335 e. The molecule has 0 fully saturated rings. The second-order valence-corrected chi connectivity index (χ2v) is 9.82. The van der Waals surface area contributed by atoms with Crippen molar-refractivity contribution < 1.29 is 10.2 Å². The lowest BCUT2D eigenvalue weighted by Gasteiger charge is -2.17. The molecule has 8 heteroatoms. The quantitative estimate of drug-likeness (QED) is 0.382. The van der Waals surface area contributed by atoms with Crippen LogP contribution in [0.25, 0.3) is 5.69 Å². The largest absolute Gasteiger partial charge is 0.508 e. The summed E-state index contributed by atoms with van der Waals surface area (Å²) in [6, 6.07) is 20.0. The monoisotopic (exact) mass is 485 g/mol. The number of thioether (sulfide) groups is 1. The molecule has 0 saturated carbocycles. The number of benzene rings is 3. The number of para-hydroxylation sites is 1. The summed E-state index contributed by atoms with van der Waals surface area (Å²) < 4.78 is 1.10. The SMILES string of the molecule is Cc1cc(C)cc(-n2c(O)c(C3=Nc4ccccc4SC(c4cccc(O)c4)C3)c(=O)[nH]c2=O)c1. The predicted molar refractivity (Wildman–Crippen MR) is 138 cm³/mol. The Morgan fingerprint density at radius 2 is 1.71 bits per heavy atom. The molecule has 3 N–H and O–H groups in total. The summed E-state index contributed by atoms with van der Waals surface area (Å²) >= 11 is 1.57. The van der Waals surface area contributed by atoms with Gasteiger partial charge in [-0.2, -0.15) is 0 Å². The van der Waals surface area contributed by atoms with E-state index in [1.54, 1.807) is 42.1 Å². The highest BCUT2D eigenvalue weighted by Crippen LogP contribution is 2.46. The van der Waals surface area contributed by atoms with Gasteiger partial charge in [-0.3, -0.25) is 14.8 Å². The highest BCUT2D eigenvalue weighted by atomic mass is 32.2. The van der Waals surface area contributed by atoms with Crippen molar-refractivity contribution in [2.45, 2.75) is 30.4 Å². The van der Waals surface area contributed by atoms with E-state index in [-0.39, 0.29) is 16.6 Å². The van der Waals surface area contributed by atoms with E-state index in [9.17, 15) is 19.8 Å². The van der Waals surface area contributed by atoms with Crippen molar-refractivity contribution in [2.24, 2.45) is 4.99 Å². The summed E-state index contributed by atoms with van der Waals surface area (Å²) in [5.41, 5.74) is 2.69. The highest BCUT2D eigenvalue weighted by molar-refractivity contribution is 7.99. The van der Waals surface area contributed by atoms with Crippen molar-refractivity contribution >= 4 is 23.2 Å². The lowest BCUT2D eigenvalue weighted by Crippen LogP contribution is -2.33. The zero-order valence-electron chi connectivity index (χ0n) is 19.1. The second kappa shape index (κ2) is 8.96. The third-order valence-electron chi connectivity index (χ3n) is 5.85. The minimum Gasteiger partial charge on any atom is -0.508 e. The first kappa shape index (κ1) is 22.7. The predicted octanol–water partition coefficient (Wildman–Crippen LogP) is 4.91. The molecule has 1 aromatic heterocycles. The standard InChI is InChI=1S/C27H23N3O4S/c1-15-10-16(2)12-18(11-15)30-26(33)24(25(32)29-27(30)34)21-14-23(17-6-5-7-19(31)13-17)35-22-9-4-3-8-20(22)28-21/h3-13,23,31,33H,14H2,1-2H3,(H,29,32,34). The maximum Gasteiger partial charge on any atom is 0.335 e. The summed E-state index contributed by atoms with van der Waals surface area (Å²) in [6.07, 6.45) is 0.296. The Labute approximate surface area is 205 Å². The molecule has 35 heavy (non-hydrogen) atoms. The number of rotatable bonds is 3. The zero-order chi connectivity index (χ0) is 24.7. The molecular weight excluding hydrogens is 462 g/mol. The van der Waals surface area contributed by atoms with Gasteiger partial charge in [0.25, 0.3) is 5.56 Å². The van der Waals surface area contributed by atoms with Crippen molar-refractivity contribution in [1.82, 2.24) is 9.55 Å². The van der Waals surface area contributed by atoms with Crippen LogP contribution in [0.15, 0.2) is 86.2 Å². The Morgan fingerprint density at radius 3 is 2.46 bits per heavy atom. The van der Waals surface area contributed by atoms with E-state index in [2.05, 4.69) is 4.98 Å². The molecule has 176 valence electrons. The van der Waals surface area contributed by atoms with E-state index in [4.69, 9.17) is 4.99 Å². The number of aromatic hydroxyl groups is 2. The van der Waals surface area contributed by atoms with Crippen LogP contribution < -0.4 is 11.2 Å². The highest BCUT2D eigenvalue weighted by Gasteiger charge is 2.27. The minimum atomic E-state index is -0.727. The third kappa shape index (κ3) is 4.40. The lowest BCUT2D eigenvalue weighted by atomic mass is 10.0. The van der Waals surface area contributed by atoms with Gasteiger partial charge in [-0.15, -0.1) is 11.8 Å². The van der Waals surface area contributed by atoms with Gasteiger partial charge in [-0.05, 0) is 66.9 Å². The molecule has 0 spiro atoms. The average Bonchev–Trinajstić information content (AvgIpc) is 2.98. The maximum atomic E-state index is 13.0. The molecule has 5 rings (SSSR count). The van der Waals surface area contributed by atoms with Gasteiger partial charge in [0.2, 0.25) is 5.88 Å². The number of aliphatic imine (C=N–C) groups is 1. The molecule has 0 saturated heterocycles. The molecule has 1 aliphatic rings. The van der Waals surface area contributed by atoms with Gasteiger partial charge in [-0.1, -0.05) is 30.3 Å². The average molecular weight is 486 g/mol. The van der Waals surface area contributed by atoms with Crippen LogP contribution >= 0.6 is 11.8 Å². The van der Waals surface area contributed by atoms with Gasteiger partial charge in [0, 0.05) is 16.6 Å². The normalized spacial score (nSPS) is 15.3. The number of H-pyrrole nitrogens is 1. The second-order valence-electron chi connectivity index (χ2n) is 8.57. The molecule has 1 aliphatic heterocycles. The van der Waals surface area contributed by atoms with Crippen LogP contribution in [0.1, 0.15) is 33.9 Å². The summed E-state index contributed by atoms with van der Waals surface area (Å²) in [6.45, 7) is 3.79. The number of phenolic OH excluding ortho intramolecular Hbond substituents is 1. The Kier molecular flexibility index (Phi) is 5.82. The molecule has 0 radical (unpaired) electrons. The molecule has 2 heterocycles. The van der Waals surface area contributed by atoms with Crippen LogP contribution in [0.5, 0.6) is 11.6 Å². The first-order valence-corrected chi connectivity index (χ1v) is 12.0. The number of aromatic nitrogens is 2. The van der Waals surface area contributed by atoms with Crippen LogP contribution in [0.4, 0.5) is 5.69 Å². The van der Waals surface area contributed by atoms with Crippen molar-refractivity contribution in [3.05, 3.63) is 110 Å². The van der Waals surface area contributed by atoms with Crippen LogP contribution in [-0.4, -0.2) is 25.5 Å². The molecule has 4 aromatic rings. The fraction of sp³-hybridized carbons (Fsp3) is 0.148. The van der Waals surface area contributed by atoms with Gasteiger partial charge >= 0.3 is 5.69 Å². The van der Waals surface area contributed by atoms with E-state index in [1.807, 2.05) is 50.2 Å². The Hall–Kier alpha value is -4.04. The zero-order valence-corrected chi connectivity index (χ0v) is 20.0. The van der Waals surface area contributed by atoms with Crippen LogP contribution in [-0.2, 0) is 0 Å². The van der Waals surface area contributed by atoms with Gasteiger partial charge in [0.05, 0.1) is 17.1 Å². The maximum absolute atomic E-state index is 13.0. The fourth-order valence-corrected chi connectivity index (χ4v) is 5.61. The molecule has 0 bridgehead atoms.